The van der Waals surface area contributed by atoms with Gasteiger partial charge in [-0.25, -0.2) is 0 Å². The van der Waals surface area contributed by atoms with Crippen molar-refractivity contribution >= 4 is 28.5 Å². The zero-order chi connectivity index (χ0) is 8.91. The van der Waals surface area contributed by atoms with Gasteiger partial charge in [0.05, 0.1) is 3.42 Å². The molecule has 0 saturated heterocycles. The Hall–Kier alpha value is 0.160. The molecule has 4 heteroatoms. The van der Waals surface area contributed by atoms with E-state index in [0.29, 0.717) is 13.0 Å². The summed E-state index contributed by atoms with van der Waals surface area (Å²) in [6.45, 7) is 4.38. The first-order valence-electron chi connectivity index (χ1n) is 3.56. The average Bonchev–Trinajstić information content (AvgIpc) is 1.86. The topological polar surface area (TPSA) is 49.3 Å². The third-order valence-corrected chi connectivity index (χ3v) is 1.65. The Morgan fingerprint density at radius 1 is 1.64 bits per heavy atom. The van der Waals surface area contributed by atoms with Crippen molar-refractivity contribution in [3.8, 4) is 0 Å². The maximum atomic E-state index is 11.1. The van der Waals surface area contributed by atoms with Crippen LogP contribution in [0.1, 0.15) is 20.3 Å². The molecule has 1 amide bonds. The number of aliphatic hydroxyl groups is 1. The summed E-state index contributed by atoms with van der Waals surface area (Å²) in [5.74, 6) is 0.0200. The van der Waals surface area contributed by atoms with Crippen LogP contribution in [0, 0.1) is 0 Å². The summed E-state index contributed by atoms with van der Waals surface area (Å²) in [5, 5.41) is 11.1. The maximum absolute atomic E-state index is 11.1. The number of rotatable bonds is 4. The molecule has 11 heavy (non-hydrogen) atoms. The van der Waals surface area contributed by atoms with Gasteiger partial charge in [-0.15, -0.1) is 0 Å². The van der Waals surface area contributed by atoms with E-state index in [2.05, 4.69) is 27.9 Å². The van der Waals surface area contributed by atoms with Crippen LogP contribution in [-0.2, 0) is 4.79 Å². The lowest BCUT2D eigenvalue weighted by atomic mass is 10.2. The Kier molecular flexibility index (Phi) is 4.99. The summed E-state index contributed by atoms with van der Waals surface area (Å²) >= 11 is 2.08. The molecule has 0 saturated carbocycles. The standard InChI is InChI=1S/C7H14INO2/c1-7(2,8)6(11)9-4-3-5-10/h10H,3-5H2,1-2H3,(H,9,11). The van der Waals surface area contributed by atoms with E-state index in [1.807, 2.05) is 13.8 Å². The first-order valence-corrected chi connectivity index (χ1v) is 4.64. The molecular formula is C7H14INO2. The predicted molar refractivity (Wildman–Crippen MR) is 52.8 cm³/mol. The fourth-order valence-corrected chi connectivity index (χ4v) is 0.682. The van der Waals surface area contributed by atoms with Crippen LogP contribution >= 0.6 is 22.6 Å². The smallest absolute Gasteiger partial charge is 0.235 e. The van der Waals surface area contributed by atoms with Crippen molar-refractivity contribution in [3.05, 3.63) is 0 Å². The van der Waals surface area contributed by atoms with E-state index < -0.39 is 0 Å². The molecule has 0 fully saturated rings. The molecule has 0 rings (SSSR count). The Balaban J connectivity index is 3.54. The molecule has 0 aromatic heterocycles. The van der Waals surface area contributed by atoms with E-state index in [1.54, 1.807) is 0 Å². The Morgan fingerprint density at radius 3 is 2.55 bits per heavy atom. The summed E-state index contributed by atoms with van der Waals surface area (Å²) in [7, 11) is 0. The number of carbonyl (C=O) groups excluding carboxylic acids is 1. The van der Waals surface area contributed by atoms with Gasteiger partial charge in [-0.05, 0) is 20.3 Å². The highest BCUT2D eigenvalue weighted by molar-refractivity contribution is 14.1. The van der Waals surface area contributed by atoms with Gasteiger partial charge in [0.15, 0.2) is 0 Å². The minimum atomic E-state index is -0.354. The van der Waals surface area contributed by atoms with Crippen molar-refractivity contribution in [1.29, 1.82) is 0 Å². The highest BCUT2D eigenvalue weighted by Gasteiger charge is 2.22. The zero-order valence-corrected chi connectivity index (χ0v) is 9.01. The van der Waals surface area contributed by atoms with Crippen molar-refractivity contribution in [2.45, 2.75) is 23.7 Å². The van der Waals surface area contributed by atoms with E-state index in [-0.39, 0.29) is 15.9 Å². The SMILES string of the molecule is CC(C)(I)C(=O)NCCCO. The summed E-state index contributed by atoms with van der Waals surface area (Å²) in [4.78, 5) is 11.1. The number of halogens is 1. The Labute approximate surface area is 80.7 Å². The molecule has 0 aromatic rings. The molecule has 0 spiro atoms. The van der Waals surface area contributed by atoms with E-state index in [9.17, 15) is 4.79 Å². The fourth-order valence-electron chi connectivity index (χ4n) is 0.491. The molecule has 2 N–H and O–H groups in total. The summed E-state index contributed by atoms with van der Waals surface area (Å²) < 4.78 is -0.354. The number of hydrogen-bond acceptors (Lipinski definition) is 2. The van der Waals surface area contributed by atoms with Crippen LogP contribution < -0.4 is 5.32 Å². The van der Waals surface area contributed by atoms with Crippen LogP contribution in [0.25, 0.3) is 0 Å². The summed E-state index contributed by atoms with van der Waals surface area (Å²) in [6, 6.07) is 0. The van der Waals surface area contributed by atoms with Crippen molar-refractivity contribution in [3.63, 3.8) is 0 Å². The minimum Gasteiger partial charge on any atom is -0.396 e. The highest BCUT2D eigenvalue weighted by atomic mass is 127. The van der Waals surface area contributed by atoms with Gasteiger partial charge in [-0.3, -0.25) is 4.79 Å². The molecule has 66 valence electrons. The van der Waals surface area contributed by atoms with E-state index in [4.69, 9.17) is 5.11 Å². The van der Waals surface area contributed by atoms with Crippen LogP contribution in [0.2, 0.25) is 0 Å². The van der Waals surface area contributed by atoms with Crippen LogP contribution in [0.5, 0.6) is 0 Å². The molecule has 3 nitrogen and oxygen atoms in total. The average molecular weight is 271 g/mol. The first-order chi connectivity index (χ1) is 4.98. The van der Waals surface area contributed by atoms with Crippen LogP contribution in [0.15, 0.2) is 0 Å². The monoisotopic (exact) mass is 271 g/mol. The Bertz CT molecular complexity index is 131. The van der Waals surface area contributed by atoms with Gasteiger partial charge < -0.3 is 10.4 Å². The minimum absolute atomic E-state index is 0.0200. The summed E-state index contributed by atoms with van der Waals surface area (Å²) in [6.07, 6.45) is 0.623. The molecule has 0 aliphatic heterocycles. The van der Waals surface area contributed by atoms with Gasteiger partial charge >= 0.3 is 0 Å². The van der Waals surface area contributed by atoms with Crippen LogP contribution in [0.4, 0.5) is 0 Å². The van der Waals surface area contributed by atoms with Gasteiger partial charge in [0.2, 0.25) is 5.91 Å². The molecule has 0 aliphatic rings. The van der Waals surface area contributed by atoms with E-state index in [1.165, 1.54) is 0 Å². The van der Waals surface area contributed by atoms with Crippen molar-refractivity contribution in [1.82, 2.24) is 5.32 Å². The molecule has 0 heterocycles. The third-order valence-electron chi connectivity index (χ3n) is 1.16. The van der Waals surface area contributed by atoms with Crippen molar-refractivity contribution in [2.75, 3.05) is 13.2 Å². The predicted octanol–water partition coefficient (Wildman–Crippen LogP) is 0.699. The number of hydrogen-bond donors (Lipinski definition) is 2. The maximum Gasteiger partial charge on any atom is 0.235 e. The van der Waals surface area contributed by atoms with Gasteiger partial charge in [-0.2, -0.15) is 0 Å². The number of aliphatic hydroxyl groups excluding tert-OH is 1. The molecular weight excluding hydrogens is 257 g/mol. The number of nitrogens with one attached hydrogen (secondary N) is 1. The van der Waals surface area contributed by atoms with Crippen LogP contribution in [-0.4, -0.2) is 27.6 Å². The lowest BCUT2D eigenvalue weighted by Gasteiger charge is -2.15. The van der Waals surface area contributed by atoms with Gasteiger partial charge in [-0.1, -0.05) is 22.6 Å². The lowest BCUT2D eigenvalue weighted by Crippen LogP contribution is -2.38. The van der Waals surface area contributed by atoms with Gasteiger partial charge in [0.25, 0.3) is 0 Å². The van der Waals surface area contributed by atoms with Crippen molar-refractivity contribution in [2.24, 2.45) is 0 Å². The second-order valence-electron chi connectivity index (χ2n) is 2.81. The number of carbonyl (C=O) groups is 1. The van der Waals surface area contributed by atoms with Crippen molar-refractivity contribution < 1.29 is 9.90 Å². The van der Waals surface area contributed by atoms with Gasteiger partial charge in [0.1, 0.15) is 0 Å². The lowest BCUT2D eigenvalue weighted by molar-refractivity contribution is -0.122. The zero-order valence-electron chi connectivity index (χ0n) is 6.85. The summed E-state index contributed by atoms with van der Waals surface area (Å²) in [5.41, 5.74) is 0. The molecule has 0 atom stereocenters. The number of amides is 1. The van der Waals surface area contributed by atoms with E-state index >= 15 is 0 Å². The molecule has 0 unspecified atom stereocenters. The molecule has 0 aliphatic carbocycles. The molecule has 0 aromatic carbocycles. The van der Waals surface area contributed by atoms with E-state index in [0.717, 1.165) is 0 Å². The second kappa shape index (κ2) is 4.92. The van der Waals surface area contributed by atoms with Gasteiger partial charge in [0, 0.05) is 13.2 Å². The molecule has 0 radical (unpaired) electrons. The first kappa shape index (κ1) is 11.2. The quantitative estimate of drug-likeness (QED) is 0.449. The largest absolute Gasteiger partial charge is 0.396 e. The highest BCUT2D eigenvalue weighted by Crippen LogP contribution is 2.15. The van der Waals surface area contributed by atoms with Crippen LogP contribution in [0.3, 0.4) is 0 Å². The fraction of sp³-hybridized carbons (Fsp3) is 0.857. The normalized spacial score (nSPS) is 11.3. The molecule has 0 bridgehead atoms. The second-order valence-corrected chi connectivity index (χ2v) is 5.50. The Morgan fingerprint density at radius 2 is 2.18 bits per heavy atom. The third kappa shape index (κ3) is 5.43. The number of alkyl halides is 1.